The first-order valence-electron chi connectivity index (χ1n) is 6.53. The van der Waals surface area contributed by atoms with Crippen LogP contribution in [0.25, 0.3) is 21.7 Å². The number of thiocarbonyl (C=S) groups is 1. The number of hydrogen-bond acceptors (Lipinski definition) is 4. The van der Waals surface area contributed by atoms with Crippen LogP contribution in [0.2, 0.25) is 0 Å². The molecule has 0 saturated carbocycles. The molecule has 6 heteroatoms. The van der Waals surface area contributed by atoms with Gasteiger partial charge in [0.25, 0.3) is 5.91 Å². The van der Waals surface area contributed by atoms with E-state index in [1.807, 2.05) is 30.3 Å². The lowest BCUT2D eigenvalue weighted by Gasteiger charge is -2.07. The molecule has 0 radical (unpaired) electrons. The minimum atomic E-state index is -0.536. The van der Waals surface area contributed by atoms with Gasteiger partial charge in [-0.3, -0.25) is 10.1 Å². The Balaban J connectivity index is 2.20. The summed E-state index contributed by atoms with van der Waals surface area (Å²) in [6.45, 7) is 0. The molecule has 0 saturated heterocycles. The van der Waals surface area contributed by atoms with Crippen molar-refractivity contribution in [1.29, 1.82) is 0 Å². The van der Waals surface area contributed by atoms with Gasteiger partial charge < -0.3 is 4.42 Å². The summed E-state index contributed by atoms with van der Waals surface area (Å²) < 4.78 is 5.26. The van der Waals surface area contributed by atoms with Gasteiger partial charge in [-0.05, 0) is 29.1 Å². The maximum absolute atomic E-state index is 12.0. The van der Waals surface area contributed by atoms with Crippen LogP contribution in [-0.2, 0) is 4.79 Å². The predicted octanol–water partition coefficient (Wildman–Crippen LogP) is 2.15. The number of benzene rings is 2. The highest BCUT2D eigenvalue weighted by molar-refractivity contribution is 7.80. The summed E-state index contributed by atoms with van der Waals surface area (Å²) in [5.41, 5.74) is 0.445. The number of hydrogen-bond donors (Lipinski definition) is 1. The molecular formula is C16H8N2O3S. The second-order valence-corrected chi connectivity index (χ2v) is 5.25. The zero-order chi connectivity index (χ0) is 15.3. The minimum absolute atomic E-state index is 0.0987. The van der Waals surface area contributed by atoms with Gasteiger partial charge in [0.2, 0.25) is 5.11 Å². The van der Waals surface area contributed by atoms with Gasteiger partial charge in [-0.25, -0.2) is 9.79 Å². The number of fused-ring (bicyclic) bond motifs is 3. The summed E-state index contributed by atoms with van der Waals surface area (Å²) in [5, 5.41) is 5.09. The van der Waals surface area contributed by atoms with Crippen LogP contribution >= 0.6 is 12.2 Å². The molecule has 0 unspecified atom stereocenters. The number of nitrogens with one attached hydrogen (secondary N) is 1. The lowest BCUT2D eigenvalue weighted by molar-refractivity contribution is -0.113. The third kappa shape index (κ3) is 1.85. The van der Waals surface area contributed by atoms with Crippen LogP contribution in [0.15, 0.2) is 56.7 Å². The smallest absolute Gasteiger partial charge is 0.336 e. The van der Waals surface area contributed by atoms with E-state index in [9.17, 15) is 9.59 Å². The summed E-state index contributed by atoms with van der Waals surface area (Å²) >= 11 is 4.90. The molecule has 106 valence electrons. The monoisotopic (exact) mass is 308 g/mol. The van der Waals surface area contributed by atoms with Crippen LogP contribution in [0.3, 0.4) is 0 Å². The van der Waals surface area contributed by atoms with Crippen LogP contribution in [0, 0.1) is 0 Å². The number of aliphatic imine (C=N–C) groups is 1. The molecule has 1 aliphatic heterocycles. The summed E-state index contributed by atoms with van der Waals surface area (Å²) in [6, 6.07) is 12.5. The highest BCUT2D eigenvalue weighted by Crippen LogP contribution is 2.28. The van der Waals surface area contributed by atoms with Gasteiger partial charge >= 0.3 is 5.63 Å². The Labute approximate surface area is 129 Å². The van der Waals surface area contributed by atoms with Crippen LogP contribution in [0.5, 0.6) is 0 Å². The molecule has 1 N–H and O–H groups in total. The van der Waals surface area contributed by atoms with Crippen molar-refractivity contribution < 1.29 is 9.21 Å². The molecule has 1 aliphatic rings. The Morgan fingerprint density at radius 2 is 1.91 bits per heavy atom. The molecule has 2 heterocycles. The largest absolute Gasteiger partial charge is 0.423 e. The summed E-state index contributed by atoms with van der Waals surface area (Å²) in [5.74, 6) is -0.412. The van der Waals surface area contributed by atoms with Gasteiger partial charge in [0.15, 0.2) is 0 Å². The van der Waals surface area contributed by atoms with Gasteiger partial charge in [-0.2, -0.15) is 0 Å². The van der Waals surface area contributed by atoms with Crippen molar-refractivity contribution in [3.8, 4) is 0 Å². The van der Waals surface area contributed by atoms with Crippen molar-refractivity contribution in [3.05, 3.63) is 58.4 Å². The van der Waals surface area contributed by atoms with Crippen molar-refractivity contribution in [3.63, 3.8) is 0 Å². The van der Waals surface area contributed by atoms with Crippen molar-refractivity contribution in [2.24, 2.45) is 4.99 Å². The summed E-state index contributed by atoms with van der Waals surface area (Å²) in [7, 11) is 0. The third-order valence-corrected chi connectivity index (χ3v) is 3.73. The summed E-state index contributed by atoms with van der Waals surface area (Å²) in [4.78, 5) is 27.9. The van der Waals surface area contributed by atoms with Gasteiger partial charge in [-0.1, -0.05) is 30.3 Å². The van der Waals surface area contributed by atoms with E-state index in [1.165, 1.54) is 6.07 Å². The van der Waals surface area contributed by atoms with E-state index in [2.05, 4.69) is 10.3 Å². The van der Waals surface area contributed by atoms with Crippen LogP contribution in [-0.4, -0.2) is 16.7 Å². The lowest BCUT2D eigenvalue weighted by Crippen LogP contribution is -2.26. The van der Waals surface area contributed by atoms with Crippen LogP contribution in [0.1, 0.15) is 5.56 Å². The second-order valence-electron chi connectivity index (χ2n) is 4.86. The molecule has 3 aromatic rings. The topological polar surface area (TPSA) is 71.7 Å². The fourth-order valence-electron chi connectivity index (χ4n) is 2.65. The number of carbonyl (C=O) groups is 1. The molecule has 5 nitrogen and oxygen atoms in total. The Hall–Kier alpha value is -2.86. The predicted molar refractivity (Wildman–Crippen MR) is 87.3 cm³/mol. The zero-order valence-electron chi connectivity index (χ0n) is 11.1. The third-order valence-electron chi connectivity index (χ3n) is 3.54. The standard InChI is InChI=1S/C16H8N2O3S/c19-12-7-10(14-15(20)18-16(22)17-14)13-9-4-2-1-3-8(9)5-6-11(13)21-12/h1-7H,(H,18,20,22). The lowest BCUT2D eigenvalue weighted by atomic mass is 9.99. The van der Waals surface area contributed by atoms with Crippen molar-refractivity contribution >= 4 is 50.7 Å². The SMILES string of the molecule is O=C1NC(=S)N=C1c1cc(=O)oc2ccc3ccccc3c12. The van der Waals surface area contributed by atoms with E-state index in [0.29, 0.717) is 16.5 Å². The zero-order valence-corrected chi connectivity index (χ0v) is 11.9. The highest BCUT2D eigenvalue weighted by Gasteiger charge is 2.25. The second kappa shape index (κ2) is 4.57. The molecule has 0 aliphatic carbocycles. The molecule has 0 fully saturated rings. The van der Waals surface area contributed by atoms with E-state index >= 15 is 0 Å². The number of nitrogens with zero attached hydrogens (tertiary/aromatic N) is 1. The Kier molecular flexibility index (Phi) is 2.67. The quantitative estimate of drug-likeness (QED) is 0.425. The molecule has 0 bridgehead atoms. The molecule has 22 heavy (non-hydrogen) atoms. The average molecular weight is 308 g/mol. The number of carbonyl (C=O) groups excluding carboxylic acids is 1. The molecule has 2 aromatic carbocycles. The van der Waals surface area contributed by atoms with E-state index < -0.39 is 11.5 Å². The first kappa shape index (κ1) is 12.8. The minimum Gasteiger partial charge on any atom is -0.423 e. The molecule has 4 rings (SSSR count). The Morgan fingerprint density at radius 3 is 2.68 bits per heavy atom. The van der Waals surface area contributed by atoms with E-state index in [1.54, 1.807) is 6.07 Å². The number of rotatable bonds is 1. The van der Waals surface area contributed by atoms with Gasteiger partial charge in [0.05, 0.1) is 0 Å². The molecule has 1 aromatic heterocycles. The maximum atomic E-state index is 12.0. The molecular weight excluding hydrogens is 300 g/mol. The van der Waals surface area contributed by atoms with E-state index in [0.717, 1.165) is 10.8 Å². The fourth-order valence-corrected chi connectivity index (χ4v) is 2.83. The van der Waals surface area contributed by atoms with Crippen molar-refractivity contribution in [1.82, 2.24) is 5.32 Å². The Bertz CT molecular complexity index is 1070. The average Bonchev–Trinajstić information content (AvgIpc) is 2.84. The van der Waals surface area contributed by atoms with Gasteiger partial charge in [0, 0.05) is 17.0 Å². The van der Waals surface area contributed by atoms with Crippen molar-refractivity contribution in [2.45, 2.75) is 0 Å². The maximum Gasteiger partial charge on any atom is 0.336 e. The van der Waals surface area contributed by atoms with Crippen LogP contribution < -0.4 is 10.9 Å². The summed E-state index contributed by atoms with van der Waals surface area (Å²) in [6.07, 6.45) is 0. The van der Waals surface area contributed by atoms with Gasteiger partial charge in [0.1, 0.15) is 11.3 Å². The first-order valence-corrected chi connectivity index (χ1v) is 6.94. The van der Waals surface area contributed by atoms with Gasteiger partial charge in [-0.15, -0.1) is 0 Å². The normalized spacial score (nSPS) is 14.5. The number of amides is 1. The highest BCUT2D eigenvalue weighted by atomic mass is 32.1. The Morgan fingerprint density at radius 1 is 1.09 bits per heavy atom. The molecule has 0 atom stereocenters. The molecule has 0 spiro atoms. The van der Waals surface area contributed by atoms with Crippen molar-refractivity contribution in [2.75, 3.05) is 0 Å². The first-order chi connectivity index (χ1) is 10.6. The fraction of sp³-hybridized carbons (Fsp3) is 0. The van der Waals surface area contributed by atoms with Crippen LogP contribution in [0.4, 0.5) is 0 Å². The molecule has 1 amide bonds. The van der Waals surface area contributed by atoms with E-state index in [-0.39, 0.29) is 10.8 Å². The van der Waals surface area contributed by atoms with E-state index in [4.69, 9.17) is 16.6 Å².